The largest absolute Gasteiger partial charge is 0.350 e. The van der Waals surface area contributed by atoms with Crippen molar-refractivity contribution < 1.29 is 21.9 Å². The summed E-state index contributed by atoms with van der Waals surface area (Å²) in [7, 11) is -3.35. The fourth-order valence-electron chi connectivity index (χ4n) is 2.22. The van der Waals surface area contributed by atoms with Crippen LogP contribution in [0.4, 0.5) is 8.78 Å². The lowest BCUT2D eigenvalue weighted by Crippen LogP contribution is -2.39. The second-order valence-corrected chi connectivity index (χ2v) is 7.09. The first-order valence-corrected chi connectivity index (χ1v) is 7.13. The first-order valence-electron chi connectivity index (χ1n) is 5.58. The van der Waals surface area contributed by atoms with Crippen LogP contribution < -0.4 is 10.5 Å². The van der Waals surface area contributed by atoms with E-state index in [1.165, 1.54) is 0 Å². The molecular weight excluding hydrogens is 254 g/mol. The number of halogens is 2. The Labute approximate surface area is 97.7 Å². The Morgan fingerprint density at radius 3 is 2.53 bits per heavy atom. The zero-order chi connectivity index (χ0) is 12.4. The van der Waals surface area contributed by atoms with Crippen LogP contribution in [0.3, 0.4) is 0 Å². The first kappa shape index (κ1) is 11.8. The van der Waals surface area contributed by atoms with Gasteiger partial charge in [-0.1, -0.05) is 0 Å². The lowest BCUT2D eigenvalue weighted by molar-refractivity contribution is 0.109. The number of hydrogen-bond donors (Lipinski definition) is 2. The standard InChI is InChI=1S/C9H14F2N2O3S/c10-7(11)5-3-9(5,12)6-8(16-6)13-17(14,15)4-1-2-4/h4-8,13H,1-3,12H2/t5-,6?,8?,9+/m0/s1. The van der Waals surface area contributed by atoms with Crippen LogP contribution >= 0.6 is 0 Å². The molecule has 8 heteroatoms. The van der Waals surface area contributed by atoms with Gasteiger partial charge in [-0.25, -0.2) is 17.2 Å². The van der Waals surface area contributed by atoms with E-state index >= 15 is 0 Å². The molecule has 98 valence electrons. The molecule has 0 spiro atoms. The third kappa shape index (κ3) is 1.96. The van der Waals surface area contributed by atoms with Crippen molar-refractivity contribution in [1.29, 1.82) is 0 Å². The molecule has 0 aromatic rings. The van der Waals surface area contributed by atoms with Crippen LogP contribution in [0.25, 0.3) is 0 Å². The Hall–Kier alpha value is -0.310. The van der Waals surface area contributed by atoms with Gasteiger partial charge in [0.15, 0.2) is 0 Å². The van der Waals surface area contributed by atoms with Crippen LogP contribution in [0.5, 0.6) is 0 Å². The summed E-state index contributed by atoms with van der Waals surface area (Å²) in [5.74, 6) is -0.872. The molecule has 3 rings (SSSR count). The van der Waals surface area contributed by atoms with Crippen LogP contribution in [0.1, 0.15) is 19.3 Å². The van der Waals surface area contributed by atoms with Crippen molar-refractivity contribution >= 4 is 10.0 Å². The first-order chi connectivity index (χ1) is 7.84. The Morgan fingerprint density at radius 2 is 2.06 bits per heavy atom. The Balaban J connectivity index is 1.57. The summed E-state index contributed by atoms with van der Waals surface area (Å²) in [4.78, 5) is 0. The molecule has 0 radical (unpaired) electrons. The molecule has 0 aromatic heterocycles. The number of ether oxygens (including phenoxy) is 1. The van der Waals surface area contributed by atoms with Gasteiger partial charge in [0.1, 0.15) is 12.3 Å². The molecule has 4 atom stereocenters. The second kappa shape index (κ2) is 3.37. The zero-order valence-electron chi connectivity index (χ0n) is 8.97. The maximum absolute atomic E-state index is 12.4. The minimum absolute atomic E-state index is 0.191. The van der Waals surface area contributed by atoms with Gasteiger partial charge < -0.3 is 10.5 Å². The van der Waals surface area contributed by atoms with E-state index < -0.39 is 40.2 Å². The Bertz CT molecular complexity index is 440. The highest BCUT2D eigenvalue weighted by Gasteiger charge is 2.69. The van der Waals surface area contributed by atoms with E-state index in [2.05, 4.69) is 4.72 Å². The fraction of sp³-hybridized carbons (Fsp3) is 1.00. The minimum Gasteiger partial charge on any atom is -0.350 e. The zero-order valence-corrected chi connectivity index (χ0v) is 9.79. The molecule has 2 saturated carbocycles. The molecule has 3 fully saturated rings. The van der Waals surface area contributed by atoms with E-state index in [0.717, 1.165) is 0 Å². The van der Waals surface area contributed by atoms with Gasteiger partial charge in [0.05, 0.1) is 10.8 Å². The van der Waals surface area contributed by atoms with E-state index in [9.17, 15) is 17.2 Å². The maximum atomic E-state index is 12.4. The number of epoxide rings is 1. The lowest BCUT2D eigenvalue weighted by Gasteiger charge is -2.07. The van der Waals surface area contributed by atoms with Gasteiger partial charge in [-0.2, -0.15) is 4.72 Å². The number of nitrogens with two attached hydrogens (primary N) is 1. The fourth-order valence-corrected chi connectivity index (χ4v) is 3.67. The van der Waals surface area contributed by atoms with E-state index in [1.807, 2.05) is 0 Å². The summed E-state index contributed by atoms with van der Waals surface area (Å²) < 4.78 is 55.5. The topological polar surface area (TPSA) is 84.7 Å². The summed E-state index contributed by atoms with van der Waals surface area (Å²) in [5.41, 5.74) is 4.71. The molecule has 3 N–H and O–H groups in total. The summed E-state index contributed by atoms with van der Waals surface area (Å²) in [6.45, 7) is 0. The van der Waals surface area contributed by atoms with Crippen LogP contribution in [0, 0.1) is 5.92 Å². The summed E-state index contributed by atoms with van der Waals surface area (Å²) in [5, 5.41) is -0.342. The van der Waals surface area contributed by atoms with Gasteiger partial charge >= 0.3 is 0 Å². The molecule has 1 heterocycles. The quantitative estimate of drug-likeness (QED) is 0.675. The van der Waals surface area contributed by atoms with Crippen LogP contribution in [-0.2, 0) is 14.8 Å². The molecule has 2 unspecified atom stereocenters. The van der Waals surface area contributed by atoms with Crippen molar-refractivity contribution in [3.05, 3.63) is 0 Å². The van der Waals surface area contributed by atoms with Gasteiger partial charge in [-0.3, -0.25) is 0 Å². The number of alkyl halides is 2. The average molecular weight is 268 g/mol. The molecular formula is C9H14F2N2O3S. The molecule has 0 amide bonds. The molecule has 5 nitrogen and oxygen atoms in total. The van der Waals surface area contributed by atoms with Crippen molar-refractivity contribution in [1.82, 2.24) is 4.72 Å². The highest BCUT2D eigenvalue weighted by atomic mass is 32.2. The predicted octanol–water partition coefficient (Wildman–Crippen LogP) is -0.224. The highest BCUT2D eigenvalue weighted by molar-refractivity contribution is 7.90. The third-order valence-electron chi connectivity index (χ3n) is 3.67. The molecule has 0 bridgehead atoms. The third-order valence-corrected chi connectivity index (χ3v) is 5.58. The lowest BCUT2D eigenvalue weighted by atomic mass is 10.1. The van der Waals surface area contributed by atoms with E-state index in [0.29, 0.717) is 12.8 Å². The smallest absolute Gasteiger partial charge is 0.243 e. The molecule has 3 aliphatic rings. The van der Waals surface area contributed by atoms with Gasteiger partial charge in [0.25, 0.3) is 0 Å². The summed E-state index contributed by atoms with van der Waals surface area (Å²) in [6, 6.07) is 0. The van der Waals surface area contributed by atoms with E-state index in [-0.39, 0.29) is 11.7 Å². The van der Waals surface area contributed by atoms with E-state index in [4.69, 9.17) is 10.5 Å². The van der Waals surface area contributed by atoms with Crippen molar-refractivity contribution in [2.45, 2.75) is 48.8 Å². The van der Waals surface area contributed by atoms with Crippen molar-refractivity contribution in [2.75, 3.05) is 0 Å². The normalized spacial score (nSPS) is 45.1. The number of sulfonamides is 1. The monoisotopic (exact) mass is 268 g/mol. The van der Waals surface area contributed by atoms with Gasteiger partial charge in [0.2, 0.25) is 16.4 Å². The van der Waals surface area contributed by atoms with Gasteiger partial charge in [0, 0.05) is 5.92 Å². The van der Waals surface area contributed by atoms with Gasteiger partial charge in [-0.15, -0.1) is 0 Å². The molecule has 1 aliphatic heterocycles. The van der Waals surface area contributed by atoms with Crippen molar-refractivity contribution in [3.8, 4) is 0 Å². The second-order valence-electron chi connectivity index (χ2n) is 5.10. The number of hydrogen-bond acceptors (Lipinski definition) is 4. The van der Waals surface area contributed by atoms with Gasteiger partial charge in [-0.05, 0) is 19.3 Å². The number of nitrogens with one attached hydrogen (secondary N) is 1. The minimum atomic E-state index is -3.35. The maximum Gasteiger partial charge on any atom is 0.243 e. The van der Waals surface area contributed by atoms with Crippen molar-refractivity contribution in [2.24, 2.45) is 11.7 Å². The Kier molecular flexibility index (Phi) is 2.33. The van der Waals surface area contributed by atoms with Crippen LogP contribution in [0.2, 0.25) is 0 Å². The van der Waals surface area contributed by atoms with E-state index in [1.54, 1.807) is 0 Å². The van der Waals surface area contributed by atoms with Crippen LogP contribution in [-0.4, -0.2) is 38.0 Å². The average Bonchev–Trinajstić information content (AvgIpc) is 3.05. The summed E-state index contributed by atoms with van der Waals surface area (Å²) in [6.07, 6.45) is -2.29. The van der Waals surface area contributed by atoms with Crippen molar-refractivity contribution in [3.63, 3.8) is 0 Å². The molecule has 0 aromatic carbocycles. The Morgan fingerprint density at radius 1 is 1.41 bits per heavy atom. The predicted molar refractivity (Wildman–Crippen MR) is 54.8 cm³/mol. The molecule has 2 aliphatic carbocycles. The molecule has 1 saturated heterocycles. The number of rotatable bonds is 5. The van der Waals surface area contributed by atoms with Crippen LogP contribution in [0.15, 0.2) is 0 Å². The molecule has 17 heavy (non-hydrogen) atoms. The SMILES string of the molecule is N[C@]1(C2OC2NS(=O)(=O)C2CC2)C[C@H]1C(F)F. The summed E-state index contributed by atoms with van der Waals surface area (Å²) >= 11 is 0. The highest BCUT2D eigenvalue weighted by Crippen LogP contribution is 2.54.